The van der Waals surface area contributed by atoms with Crippen molar-refractivity contribution in [2.75, 3.05) is 23.9 Å². The molecule has 4 rings (SSSR count). The first-order chi connectivity index (χ1) is 16.9. The monoisotopic (exact) mass is 526 g/mol. The highest BCUT2D eigenvalue weighted by molar-refractivity contribution is 8.00. The van der Waals surface area contributed by atoms with Crippen LogP contribution in [-0.2, 0) is 25.7 Å². The molecule has 35 heavy (non-hydrogen) atoms. The summed E-state index contributed by atoms with van der Waals surface area (Å²) in [4.78, 5) is 45.8. The maximum Gasteiger partial charge on any atom is 0.325 e. The summed E-state index contributed by atoms with van der Waals surface area (Å²) in [7, 11) is 1.32. The zero-order valence-corrected chi connectivity index (χ0v) is 21.5. The lowest BCUT2D eigenvalue weighted by molar-refractivity contribution is -0.141. The number of carbonyl (C=O) groups excluding carboxylic acids is 3. The van der Waals surface area contributed by atoms with Gasteiger partial charge in [0.25, 0.3) is 5.91 Å². The van der Waals surface area contributed by atoms with Crippen molar-refractivity contribution in [1.82, 2.24) is 9.55 Å². The topological polar surface area (TPSA) is 103 Å². The van der Waals surface area contributed by atoms with Crippen LogP contribution in [0.1, 0.15) is 5.56 Å². The van der Waals surface area contributed by atoms with Gasteiger partial charge in [-0.3, -0.25) is 14.4 Å². The Bertz CT molecular complexity index is 1440. The SMILES string of the molecule is COC(=O)Cn1c(=NC(=O)CSCC(=O)Nc2nc(-c3ccccc3)cs2)sc2cc(C)ccc21. The summed E-state index contributed by atoms with van der Waals surface area (Å²) < 4.78 is 7.38. The van der Waals surface area contributed by atoms with Gasteiger partial charge in [-0.05, 0) is 24.6 Å². The quantitative estimate of drug-likeness (QED) is 0.347. The molecule has 0 spiro atoms. The van der Waals surface area contributed by atoms with E-state index in [-0.39, 0.29) is 29.9 Å². The third-order valence-corrected chi connectivity index (χ3v) is 7.57. The summed E-state index contributed by atoms with van der Waals surface area (Å²) in [5.41, 5.74) is 3.65. The van der Waals surface area contributed by atoms with Crippen molar-refractivity contribution in [3.63, 3.8) is 0 Å². The Balaban J connectivity index is 1.37. The first-order valence-corrected chi connectivity index (χ1v) is 13.4. The summed E-state index contributed by atoms with van der Waals surface area (Å²) in [5.74, 6) is -0.926. The highest BCUT2D eigenvalue weighted by Crippen LogP contribution is 2.24. The normalized spacial score (nSPS) is 11.5. The molecule has 180 valence electrons. The van der Waals surface area contributed by atoms with Crippen LogP contribution in [-0.4, -0.2) is 46.0 Å². The number of fused-ring (bicyclic) bond motifs is 1. The molecule has 0 fully saturated rings. The third-order valence-electron chi connectivity index (χ3n) is 4.85. The van der Waals surface area contributed by atoms with E-state index in [1.54, 1.807) is 4.57 Å². The number of methoxy groups -OCH3 is 1. The van der Waals surface area contributed by atoms with Crippen LogP contribution in [0.4, 0.5) is 5.13 Å². The largest absolute Gasteiger partial charge is 0.468 e. The van der Waals surface area contributed by atoms with Gasteiger partial charge in [-0.25, -0.2) is 4.98 Å². The molecule has 2 heterocycles. The smallest absolute Gasteiger partial charge is 0.325 e. The van der Waals surface area contributed by atoms with Gasteiger partial charge in [0.2, 0.25) is 5.91 Å². The van der Waals surface area contributed by atoms with Crippen LogP contribution in [0.15, 0.2) is 58.9 Å². The van der Waals surface area contributed by atoms with Crippen molar-refractivity contribution in [3.8, 4) is 11.3 Å². The van der Waals surface area contributed by atoms with Crippen molar-refractivity contribution in [2.45, 2.75) is 13.5 Å². The molecule has 11 heteroatoms. The number of ether oxygens (including phenoxy) is 1. The summed E-state index contributed by atoms with van der Waals surface area (Å²) >= 11 is 3.85. The zero-order chi connectivity index (χ0) is 24.8. The molecule has 1 N–H and O–H groups in total. The van der Waals surface area contributed by atoms with Gasteiger partial charge in [0.15, 0.2) is 9.93 Å². The number of nitrogens with zero attached hydrogens (tertiary/aromatic N) is 3. The number of thioether (sulfide) groups is 1. The van der Waals surface area contributed by atoms with Gasteiger partial charge >= 0.3 is 5.97 Å². The minimum atomic E-state index is -0.428. The Morgan fingerprint density at radius 2 is 1.94 bits per heavy atom. The fraction of sp³-hybridized carbons (Fsp3) is 0.208. The first-order valence-electron chi connectivity index (χ1n) is 10.6. The maximum atomic E-state index is 12.5. The Kier molecular flexibility index (Phi) is 8.11. The van der Waals surface area contributed by atoms with Gasteiger partial charge < -0.3 is 14.6 Å². The van der Waals surface area contributed by atoms with Crippen LogP contribution in [0.3, 0.4) is 0 Å². The van der Waals surface area contributed by atoms with Crippen molar-refractivity contribution in [3.05, 3.63) is 64.3 Å². The molecule has 0 unspecified atom stereocenters. The fourth-order valence-electron chi connectivity index (χ4n) is 3.21. The third kappa shape index (κ3) is 6.44. The number of hydrogen-bond acceptors (Lipinski definition) is 8. The van der Waals surface area contributed by atoms with Gasteiger partial charge in [-0.1, -0.05) is 47.7 Å². The van der Waals surface area contributed by atoms with Crippen molar-refractivity contribution in [1.29, 1.82) is 0 Å². The molecule has 0 aliphatic heterocycles. The summed E-state index contributed by atoms with van der Waals surface area (Å²) in [6, 6.07) is 15.5. The lowest BCUT2D eigenvalue weighted by atomic mass is 10.2. The van der Waals surface area contributed by atoms with E-state index < -0.39 is 5.97 Å². The van der Waals surface area contributed by atoms with Crippen LogP contribution in [0.5, 0.6) is 0 Å². The van der Waals surface area contributed by atoms with E-state index in [0.717, 1.165) is 27.0 Å². The van der Waals surface area contributed by atoms with E-state index in [9.17, 15) is 14.4 Å². The van der Waals surface area contributed by atoms with Crippen LogP contribution < -0.4 is 10.1 Å². The van der Waals surface area contributed by atoms with Crippen LogP contribution in [0, 0.1) is 6.92 Å². The van der Waals surface area contributed by atoms with E-state index >= 15 is 0 Å². The van der Waals surface area contributed by atoms with Gasteiger partial charge in [-0.2, -0.15) is 4.99 Å². The average Bonchev–Trinajstić information content (AvgIpc) is 3.44. The molecule has 4 aromatic rings. The number of aromatic nitrogens is 2. The molecule has 0 aliphatic carbocycles. The number of anilines is 1. The molecule has 2 amide bonds. The van der Waals surface area contributed by atoms with Crippen LogP contribution >= 0.6 is 34.4 Å². The van der Waals surface area contributed by atoms with E-state index in [0.29, 0.717) is 9.93 Å². The predicted molar refractivity (Wildman–Crippen MR) is 141 cm³/mol. The standard InChI is InChI=1S/C24H22N4O4S3/c1-15-8-9-18-19(10-15)35-24(28(18)11-22(31)32-2)27-21(30)14-33-13-20(29)26-23-25-17(12-34-23)16-6-4-3-5-7-16/h3-10,12H,11,13-14H2,1-2H3,(H,25,26,29). The van der Waals surface area contributed by atoms with E-state index in [1.165, 1.54) is 41.5 Å². The molecule has 0 saturated heterocycles. The number of carbonyl (C=O) groups is 3. The molecule has 2 aromatic heterocycles. The number of amides is 2. The first kappa shape index (κ1) is 24.8. The zero-order valence-electron chi connectivity index (χ0n) is 19.0. The number of nitrogens with one attached hydrogen (secondary N) is 1. The molecular weight excluding hydrogens is 504 g/mol. The minimum Gasteiger partial charge on any atom is -0.468 e. The lowest BCUT2D eigenvalue weighted by Gasteiger charge is -2.04. The molecule has 0 saturated carbocycles. The second-order valence-corrected chi connectivity index (χ2v) is 10.3. The molecular formula is C24H22N4O4S3. The highest BCUT2D eigenvalue weighted by Gasteiger charge is 2.13. The van der Waals surface area contributed by atoms with Crippen LogP contribution in [0.2, 0.25) is 0 Å². The van der Waals surface area contributed by atoms with Crippen LogP contribution in [0.25, 0.3) is 21.5 Å². The number of rotatable bonds is 8. The van der Waals surface area contributed by atoms with Gasteiger partial charge in [0, 0.05) is 10.9 Å². The number of hydrogen-bond donors (Lipinski definition) is 1. The lowest BCUT2D eigenvalue weighted by Crippen LogP contribution is -2.23. The molecule has 0 radical (unpaired) electrons. The van der Waals surface area contributed by atoms with E-state index in [1.807, 2.05) is 60.8 Å². The van der Waals surface area contributed by atoms with E-state index in [2.05, 4.69) is 15.3 Å². The Hall–Kier alpha value is -3.28. The highest BCUT2D eigenvalue weighted by atomic mass is 32.2. The van der Waals surface area contributed by atoms with E-state index in [4.69, 9.17) is 4.74 Å². The Morgan fingerprint density at radius 3 is 2.71 bits per heavy atom. The van der Waals surface area contributed by atoms with Gasteiger partial charge in [-0.15, -0.1) is 23.1 Å². The summed E-state index contributed by atoms with van der Waals surface area (Å²) in [5, 5.41) is 5.16. The molecule has 0 bridgehead atoms. The number of benzene rings is 2. The van der Waals surface area contributed by atoms with Crippen molar-refractivity contribution >= 4 is 67.6 Å². The molecule has 2 aromatic carbocycles. The second-order valence-electron chi connectivity index (χ2n) is 7.47. The van der Waals surface area contributed by atoms with Gasteiger partial charge in [0.05, 0.1) is 34.5 Å². The Labute approximate surface area is 213 Å². The maximum absolute atomic E-state index is 12.5. The molecule has 0 aliphatic rings. The minimum absolute atomic E-state index is 0.0338. The summed E-state index contributed by atoms with van der Waals surface area (Å²) in [6.07, 6.45) is 0. The number of esters is 1. The van der Waals surface area contributed by atoms with Gasteiger partial charge in [0.1, 0.15) is 6.54 Å². The predicted octanol–water partition coefficient (Wildman–Crippen LogP) is 4.11. The number of aryl methyl sites for hydroxylation is 1. The molecule has 0 atom stereocenters. The number of thiazole rings is 2. The second kappa shape index (κ2) is 11.4. The van der Waals surface area contributed by atoms with Crippen molar-refractivity contribution in [2.24, 2.45) is 4.99 Å². The summed E-state index contributed by atoms with van der Waals surface area (Å²) in [6.45, 7) is 1.93. The fourth-order valence-corrected chi connectivity index (χ4v) is 5.69. The average molecular weight is 527 g/mol. The molecule has 8 nitrogen and oxygen atoms in total. The van der Waals surface area contributed by atoms with Crippen molar-refractivity contribution < 1.29 is 19.1 Å². The Morgan fingerprint density at radius 1 is 1.14 bits per heavy atom.